The maximum Gasteiger partial charge on any atom is 0.129 e. The lowest BCUT2D eigenvalue weighted by molar-refractivity contribution is 0.753. The zero-order valence-electron chi connectivity index (χ0n) is 12.3. The van der Waals surface area contributed by atoms with Crippen molar-refractivity contribution in [3.63, 3.8) is 0 Å². The second kappa shape index (κ2) is 5.56. The molecule has 0 radical (unpaired) electrons. The fraction of sp³-hybridized carbons (Fsp3) is 0.294. The Labute approximate surface area is 125 Å². The van der Waals surface area contributed by atoms with Crippen LogP contribution in [0.4, 0.5) is 5.82 Å². The van der Waals surface area contributed by atoms with Gasteiger partial charge in [-0.15, -0.1) is 0 Å². The van der Waals surface area contributed by atoms with Gasteiger partial charge in [-0.25, -0.2) is 4.98 Å². The Balaban J connectivity index is 1.95. The van der Waals surface area contributed by atoms with Crippen LogP contribution < -0.4 is 10.6 Å². The summed E-state index contributed by atoms with van der Waals surface area (Å²) < 4.78 is 0. The van der Waals surface area contributed by atoms with Gasteiger partial charge in [-0.3, -0.25) is 5.41 Å². The number of nitrogen functional groups attached to an aromatic ring is 1. The number of aromatic nitrogens is 1. The molecule has 0 bridgehead atoms. The first-order valence-electron chi connectivity index (χ1n) is 7.28. The number of benzene rings is 1. The molecule has 0 saturated carbocycles. The minimum Gasteiger partial charge on any atom is -0.384 e. The molecule has 0 fully saturated rings. The van der Waals surface area contributed by atoms with E-state index >= 15 is 0 Å². The van der Waals surface area contributed by atoms with Crippen molar-refractivity contribution in [2.75, 3.05) is 11.4 Å². The van der Waals surface area contributed by atoms with Gasteiger partial charge in [0.1, 0.15) is 11.7 Å². The van der Waals surface area contributed by atoms with Crippen LogP contribution in [0.3, 0.4) is 0 Å². The number of rotatable bonds is 2. The molecule has 4 heteroatoms. The minimum absolute atomic E-state index is 0.0944. The van der Waals surface area contributed by atoms with E-state index in [9.17, 15) is 0 Å². The molecule has 2 heterocycles. The molecular formula is C17H20N4. The number of nitrogens with one attached hydrogen (secondary N) is 1. The fourth-order valence-corrected chi connectivity index (χ4v) is 2.86. The summed E-state index contributed by atoms with van der Waals surface area (Å²) in [6.07, 6.45) is 2.22. The zero-order valence-corrected chi connectivity index (χ0v) is 12.3. The lowest BCUT2D eigenvalue weighted by Gasteiger charge is -2.23. The number of amidine groups is 1. The highest BCUT2D eigenvalue weighted by Gasteiger charge is 2.16. The van der Waals surface area contributed by atoms with Gasteiger partial charge in [0.25, 0.3) is 0 Å². The Hall–Kier alpha value is -2.36. The van der Waals surface area contributed by atoms with Gasteiger partial charge in [-0.2, -0.15) is 0 Å². The van der Waals surface area contributed by atoms with E-state index in [4.69, 9.17) is 11.1 Å². The van der Waals surface area contributed by atoms with Crippen molar-refractivity contribution in [2.24, 2.45) is 5.73 Å². The lowest BCUT2D eigenvalue weighted by Crippen LogP contribution is -2.24. The van der Waals surface area contributed by atoms with E-state index < -0.39 is 0 Å². The molecule has 3 rings (SSSR count). The second-order valence-electron chi connectivity index (χ2n) is 5.56. The molecule has 1 aliphatic rings. The molecule has 0 atom stereocenters. The molecule has 0 saturated heterocycles. The van der Waals surface area contributed by atoms with Crippen molar-refractivity contribution < 1.29 is 0 Å². The first-order chi connectivity index (χ1) is 10.1. The fourth-order valence-electron chi connectivity index (χ4n) is 2.86. The van der Waals surface area contributed by atoms with Crippen LogP contribution in [0.2, 0.25) is 0 Å². The quantitative estimate of drug-likeness (QED) is 0.656. The van der Waals surface area contributed by atoms with Gasteiger partial charge >= 0.3 is 0 Å². The third kappa shape index (κ3) is 2.89. The van der Waals surface area contributed by atoms with Crippen molar-refractivity contribution in [3.8, 4) is 0 Å². The Morgan fingerprint density at radius 3 is 2.76 bits per heavy atom. The van der Waals surface area contributed by atoms with Gasteiger partial charge in [0.2, 0.25) is 0 Å². The summed E-state index contributed by atoms with van der Waals surface area (Å²) in [6.45, 7) is 3.79. The van der Waals surface area contributed by atoms with Gasteiger partial charge < -0.3 is 10.6 Å². The molecule has 21 heavy (non-hydrogen) atoms. The molecule has 3 N–H and O–H groups in total. The number of anilines is 1. The highest BCUT2D eigenvalue weighted by molar-refractivity contribution is 5.95. The normalized spacial score (nSPS) is 14.4. The number of nitrogens with zero attached hydrogens (tertiary/aromatic N) is 2. The molecule has 2 aromatic rings. The molecule has 0 unspecified atom stereocenters. The summed E-state index contributed by atoms with van der Waals surface area (Å²) >= 11 is 0. The minimum atomic E-state index is 0.0944. The molecule has 1 aliphatic heterocycles. The molecule has 1 aromatic heterocycles. The van der Waals surface area contributed by atoms with Crippen LogP contribution in [0.5, 0.6) is 0 Å². The average Bonchev–Trinajstić information content (AvgIpc) is 2.68. The molecule has 0 aliphatic carbocycles. The van der Waals surface area contributed by atoms with Gasteiger partial charge in [0.15, 0.2) is 0 Å². The van der Waals surface area contributed by atoms with Crippen molar-refractivity contribution in [2.45, 2.75) is 26.3 Å². The summed E-state index contributed by atoms with van der Waals surface area (Å²) in [6, 6.07) is 12.4. The number of aryl methyl sites for hydroxylation is 2. The first kappa shape index (κ1) is 13.6. The van der Waals surface area contributed by atoms with Crippen LogP contribution in [0.15, 0.2) is 36.4 Å². The third-order valence-corrected chi connectivity index (χ3v) is 3.93. The number of hydrogen-bond donors (Lipinski definition) is 2. The Kier molecular flexibility index (Phi) is 3.60. The molecule has 0 amide bonds. The van der Waals surface area contributed by atoms with E-state index in [0.29, 0.717) is 0 Å². The van der Waals surface area contributed by atoms with Crippen molar-refractivity contribution in [3.05, 3.63) is 58.8 Å². The van der Waals surface area contributed by atoms with Crippen LogP contribution in [-0.4, -0.2) is 17.4 Å². The smallest absolute Gasteiger partial charge is 0.129 e. The van der Waals surface area contributed by atoms with Gasteiger partial charge in [-0.05, 0) is 43.0 Å². The topological polar surface area (TPSA) is 66.0 Å². The molecule has 108 valence electrons. The molecule has 0 spiro atoms. The SMILES string of the molecule is Cc1cc(C(=N)N)cc(N2CCCc3ccccc3C2)n1. The summed E-state index contributed by atoms with van der Waals surface area (Å²) in [5.41, 5.74) is 10.1. The number of pyridine rings is 1. The lowest BCUT2D eigenvalue weighted by atomic mass is 10.0. The molecular weight excluding hydrogens is 260 g/mol. The number of fused-ring (bicyclic) bond motifs is 1. The summed E-state index contributed by atoms with van der Waals surface area (Å²) in [4.78, 5) is 6.91. The van der Waals surface area contributed by atoms with E-state index in [1.165, 1.54) is 11.1 Å². The monoisotopic (exact) mass is 280 g/mol. The highest BCUT2D eigenvalue weighted by Crippen LogP contribution is 2.23. The van der Waals surface area contributed by atoms with Crippen molar-refractivity contribution in [1.29, 1.82) is 5.41 Å². The van der Waals surface area contributed by atoms with Crippen LogP contribution >= 0.6 is 0 Å². The predicted octanol–water partition coefficient (Wildman–Crippen LogP) is 2.63. The average molecular weight is 280 g/mol. The third-order valence-electron chi connectivity index (χ3n) is 3.93. The van der Waals surface area contributed by atoms with Crippen LogP contribution in [0.25, 0.3) is 0 Å². The van der Waals surface area contributed by atoms with E-state index in [2.05, 4.69) is 34.1 Å². The van der Waals surface area contributed by atoms with E-state index in [1.54, 1.807) is 0 Å². The maximum atomic E-state index is 7.63. The second-order valence-corrected chi connectivity index (χ2v) is 5.56. The van der Waals surface area contributed by atoms with Crippen molar-refractivity contribution >= 4 is 11.7 Å². The van der Waals surface area contributed by atoms with Gasteiger partial charge in [0, 0.05) is 24.3 Å². The number of nitrogens with two attached hydrogens (primary N) is 1. The van der Waals surface area contributed by atoms with Crippen LogP contribution in [0, 0.1) is 12.3 Å². The summed E-state index contributed by atoms with van der Waals surface area (Å²) in [5.74, 6) is 1.01. The number of hydrogen-bond acceptors (Lipinski definition) is 3. The summed E-state index contributed by atoms with van der Waals surface area (Å²) in [5, 5.41) is 7.63. The summed E-state index contributed by atoms with van der Waals surface area (Å²) in [7, 11) is 0. The zero-order chi connectivity index (χ0) is 14.8. The molecule has 4 nitrogen and oxygen atoms in total. The van der Waals surface area contributed by atoms with E-state index in [1.807, 2.05) is 19.1 Å². The Morgan fingerprint density at radius 2 is 2.00 bits per heavy atom. The Bertz CT molecular complexity index is 678. The maximum absolute atomic E-state index is 7.63. The largest absolute Gasteiger partial charge is 0.384 e. The predicted molar refractivity (Wildman–Crippen MR) is 85.8 cm³/mol. The highest BCUT2D eigenvalue weighted by atomic mass is 15.2. The van der Waals surface area contributed by atoms with Crippen molar-refractivity contribution in [1.82, 2.24) is 4.98 Å². The first-order valence-corrected chi connectivity index (χ1v) is 7.28. The van der Waals surface area contributed by atoms with Gasteiger partial charge in [-0.1, -0.05) is 24.3 Å². The van der Waals surface area contributed by atoms with Gasteiger partial charge in [0.05, 0.1) is 0 Å². The van der Waals surface area contributed by atoms with Crippen LogP contribution in [0.1, 0.15) is 28.8 Å². The molecule has 1 aromatic carbocycles. The van der Waals surface area contributed by atoms with Crippen LogP contribution in [-0.2, 0) is 13.0 Å². The Morgan fingerprint density at radius 1 is 1.24 bits per heavy atom. The van der Waals surface area contributed by atoms with E-state index in [0.717, 1.165) is 43.0 Å². The standard InChI is InChI=1S/C17H20N4/c1-12-9-15(17(18)19)10-16(20-12)21-8-4-7-13-5-2-3-6-14(13)11-21/h2-3,5-6,9-10H,4,7-8,11H2,1H3,(H3,18,19). The van der Waals surface area contributed by atoms with E-state index in [-0.39, 0.29) is 5.84 Å².